The summed E-state index contributed by atoms with van der Waals surface area (Å²) in [5.41, 5.74) is 1.91. The van der Waals surface area contributed by atoms with Crippen LogP contribution in [0.3, 0.4) is 0 Å². The van der Waals surface area contributed by atoms with Gasteiger partial charge in [0.15, 0.2) is 0 Å². The normalized spacial score (nSPS) is 11.4. The van der Waals surface area contributed by atoms with Gasteiger partial charge in [0.2, 0.25) is 17.7 Å². The molecule has 0 radical (unpaired) electrons. The highest BCUT2D eigenvalue weighted by molar-refractivity contribution is 5.88. The Hall–Kier alpha value is -3.42. The smallest absolute Gasteiger partial charge is 0.242 e. The third-order valence-corrected chi connectivity index (χ3v) is 6.11. The molecule has 0 bridgehead atoms. The van der Waals surface area contributed by atoms with Crippen LogP contribution in [0.1, 0.15) is 78.1 Å². The predicted octanol–water partition coefficient (Wildman–Crippen LogP) is 4.79. The van der Waals surface area contributed by atoms with Gasteiger partial charge in [-0.1, -0.05) is 44.9 Å². The molecule has 2 rings (SSSR count). The first-order valence-corrected chi connectivity index (χ1v) is 14.0. The molecular formula is C30H44N4O4. The molecule has 1 heterocycles. The third kappa shape index (κ3) is 12.7. The van der Waals surface area contributed by atoms with E-state index in [1.165, 1.54) is 0 Å². The minimum absolute atomic E-state index is 0.0929. The highest BCUT2D eigenvalue weighted by Crippen LogP contribution is 2.22. The van der Waals surface area contributed by atoms with E-state index >= 15 is 0 Å². The Morgan fingerprint density at radius 2 is 1.63 bits per heavy atom. The fourth-order valence-electron chi connectivity index (χ4n) is 3.85. The second kappa shape index (κ2) is 18.8. The summed E-state index contributed by atoms with van der Waals surface area (Å²) in [7, 11) is 0. The van der Waals surface area contributed by atoms with Crippen molar-refractivity contribution in [1.29, 1.82) is 0 Å². The van der Waals surface area contributed by atoms with E-state index in [1.54, 1.807) is 6.20 Å². The molecule has 3 N–H and O–H groups in total. The summed E-state index contributed by atoms with van der Waals surface area (Å²) >= 11 is 0. The van der Waals surface area contributed by atoms with Crippen molar-refractivity contribution < 1.29 is 19.1 Å². The van der Waals surface area contributed by atoms with E-state index in [9.17, 15) is 14.4 Å². The van der Waals surface area contributed by atoms with E-state index in [0.29, 0.717) is 32.5 Å². The summed E-state index contributed by atoms with van der Waals surface area (Å²) in [4.78, 5) is 41.6. The van der Waals surface area contributed by atoms with Gasteiger partial charge in [-0.3, -0.25) is 19.4 Å². The Bertz CT molecular complexity index is 968. The molecule has 1 aromatic carbocycles. The molecule has 8 heteroatoms. The first kappa shape index (κ1) is 30.8. The lowest BCUT2D eigenvalue weighted by Crippen LogP contribution is -2.47. The summed E-state index contributed by atoms with van der Waals surface area (Å²) < 4.78 is 5.89. The zero-order valence-electron chi connectivity index (χ0n) is 23.0. The van der Waals surface area contributed by atoms with E-state index in [2.05, 4.69) is 34.8 Å². The second-order valence-corrected chi connectivity index (χ2v) is 9.41. The summed E-state index contributed by atoms with van der Waals surface area (Å²) in [5.74, 6) is 0.302. The minimum atomic E-state index is -0.703. The molecule has 0 aliphatic rings. The second-order valence-electron chi connectivity index (χ2n) is 9.41. The van der Waals surface area contributed by atoms with Crippen LogP contribution in [0.15, 0.2) is 48.7 Å². The van der Waals surface area contributed by atoms with Crippen LogP contribution < -0.4 is 20.7 Å². The van der Waals surface area contributed by atoms with E-state index < -0.39 is 6.04 Å². The average Bonchev–Trinajstić information content (AvgIpc) is 2.93. The van der Waals surface area contributed by atoms with Gasteiger partial charge in [0.05, 0.1) is 12.3 Å². The zero-order chi connectivity index (χ0) is 27.4. The number of hydrogen-bond acceptors (Lipinski definition) is 5. The van der Waals surface area contributed by atoms with Crippen LogP contribution >= 0.6 is 0 Å². The van der Waals surface area contributed by atoms with Crippen LogP contribution in [-0.4, -0.2) is 48.4 Å². The number of benzene rings is 1. The van der Waals surface area contributed by atoms with Gasteiger partial charge in [-0.25, -0.2) is 0 Å². The van der Waals surface area contributed by atoms with Crippen molar-refractivity contribution in [2.75, 3.05) is 19.7 Å². The number of rotatable bonds is 19. The summed E-state index contributed by atoms with van der Waals surface area (Å²) in [6.45, 7) is 5.87. The van der Waals surface area contributed by atoms with Gasteiger partial charge in [-0.15, -0.1) is 0 Å². The van der Waals surface area contributed by atoms with E-state index in [-0.39, 0.29) is 30.6 Å². The van der Waals surface area contributed by atoms with Crippen molar-refractivity contribution >= 4 is 17.7 Å². The van der Waals surface area contributed by atoms with Gasteiger partial charge >= 0.3 is 0 Å². The number of nitrogens with zero attached hydrogens (tertiary/aromatic N) is 1. The fourth-order valence-corrected chi connectivity index (χ4v) is 3.85. The van der Waals surface area contributed by atoms with E-state index in [0.717, 1.165) is 55.5 Å². The predicted molar refractivity (Wildman–Crippen MR) is 151 cm³/mol. The number of ether oxygens (including phenoxy) is 1. The lowest BCUT2D eigenvalue weighted by molar-refractivity contribution is -0.129. The Balaban J connectivity index is 1.70. The Labute approximate surface area is 227 Å². The third-order valence-electron chi connectivity index (χ3n) is 6.11. The standard InChI is InChI=1S/C30H44N4O4/c1-3-5-19-32-28(35)18-17-27(30(37)33-20-6-4-2)34-29(36)16-8-7-11-22-38-25-14-12-13-24(23-25)26-15-9-10-21-31-26/h9-10,12-15,21,23,27H,3-8,11,16-20,22H2,1-2H3,(H,32,35)(H,33,37)(H,34,36). The monoisotopic (exact) mass is 524 g/mol. The van der Waals surface area contributed by atoms with Gasteiger partial charge in [-0.05, 0) is 62.8 Å². The zero-order valence-corrected chi connectivity index (χ0v) is 23.0. The summed E-state index contributed by atoms with van der Waals surface area (Å²) in [5, 5.41) is 8.57. The highest BCUT2D eigenvalue weighted by atomic mass is 16.5. The Morgan fingerprint density at radius 1 is 0.842 bits per heavy atom. The average molecular weight is 525 g/mol. The number of pyridine rings is 1. The molecule has 1 aromatic heterocycles. The van der Waals surface area contributed by atoms with Crippen LogP contribution in [0.25, 0.3) is 11.3 Å². The molecular weight excluding hydrogens is 480 g/mol. The number of unbranched alkanes of at least 4 members (excludes halogenated alkanes) is 4. The Kier molecular flexibility index (Phi) is 15.2. The molecule has 0 aliphatic heterocycles. The van der Waals surface area contributed by atoms with Gasteiger partial charge in [0.1, 0.15) is 11.8 Å². The molecule has 0 fully saturated rings. The van der Waals surface area contributed by atoms with Gasteiger partial charge in [0.25, 0.3) is 0 Å². The number of carbonyl (C=O) groups is 3. The van der Waals surface area contributed by atoms with Crippen LogP contribution in [0.4, 0.5) is 0 Å². The molecule has 8 nitrogen and oxygen atoms in total. The number of aromatic nitrogens is 1. The van der Waals surface area contributed by atoms with Crippen molar-refractivity contribution in [2.24, 2.45) is 0 Å². The fraction of sp³-hybridized carbons (Fsp3) is 0.533. The largest absolute Gasteiger partial charge is 0.494 e. The van der Waals surface area contributed by atoms with E-state index in [4.69, 9.17) is 4.74 Å². The molecule has 0 saturated heterocycles. The lowest BCUT2D eigenvalue weighted by Gasteiger charge is -2.18. The number of amides is 3. The molecule has 3 amide bonds. The minimum Gasteiger partial charge on any atom is -0.494 e. The molecule has 2 aromatic rings. The summed E-state index contributed by atoms with van der Waals surface area (Å²) in [6.07, 6.45) is 8.71. The number of hydrogen-bond donors (Lipinski definition) is 3. The molecule has 0 aliphatic carbocycles. The molecule has 208 valence electrons. The molecule has 0 saturated carbocycles. The number of nitrogens with one attached hydrogen (secondary N) is 3. The van der Waals surface area contributed by atoms with Gasteiger partial charge in [0, 0.05) is 37.7 Å². The van der Waals surface area contributed by atoms with Gasteiger partial charge in [-0.2, -0.15) is 0 Å². The first-order chi connectivity index (χ1) is 18.5. The van der Waals surface area contributed by atoms with Crippen molar-refractivity contribution in [1.82, 2.24) is 20.9 Å². The Morgan fingerprint density at radius 3 is 2.37 bits per heavy atom. The molecule has 38 heavy (non-hydrogen) atoms. The first-order valence-electron chi connectivity index (χ1n) is 14.0. The highest BCUT2D eigenvalue weighted by Gasteiger charge is 2.21. The molecule has 1 unspecified atom stereocenters. The maximum absolute atomic E-state index is 12.6. The molecule has 1 atom stereocenters. The van der Waals surface area contributed by atoms with E-state index in [1.807, 2.05) is 42.5 Å². The van der Waals surface area contributed by atoms with Crippen molar-refractivity contribution in [3.8, 4) is 17.0 Å². The quantitative estimate of drug-likeness (QED) is 0.229. The lowest BCUT2D eigenvalue weighted by atomic mass is 10.1. The van der Waals surface area contributed by atoms with Crippen LogP contribution in [0, 0.1) is 0 Å². The topological polar surface area (TPSA) is 109 Å². The maximum atomic E-state index is 12.6. The van der Waals surface area contributed by atoms with Gasteiger partial charge < -0.3 is 20.7 Å². The maximum Gasteiger partial charge on any atom is 0.242 e. The molecule has 0 spiro atoms. The van der Waals surface area contributed by atoms with Crippen LogP contribution in [-0.2, 0) is 14.4 Å². The van der Waals surface area contributed by atoms with Crippen molar-refractivity contribution in [3.05, 3.63) is 48.7 Å². The van der Waals surface area contributed by atoms with Crippen LogP contribution in [0.5, 0.6) is 5.75 Å². The summed E-state index contributed by atoms with van der Waals surface area (Å²) in [6, 6.07) is 13.0. The van der Waals surface area contributed by atoms with Crippen molar-refractivity contribution in [2.45, 2.75) is 84.1 Å². The number of carbonyl (C=O) groups excluding carboxylic acids is 3. The van der Waals surface area contributed by atoms with Crippen molar-refractivity contribution in [3.63, 3.8) is 0 Å². The van der Waals surface area contributed by atoms with Crippen LogP contribution in [0.2, 0.25) is 0 Å². The SMILES string of the molecule is CCCCNC(=O)CCC(NC(=O)CCCCCOc1cccc(-c2ccccn2)c1)C(=O)NCCCC.